The van der Waals surface area contributed by atoms with Crippen LogP contribution in [0.3, 0.4) is 0 Å². The Morgan fingerprint density at radius 1 is 1.19 bits per heavy atom. The zero-order chi connectivity index (χ0) is 12.0. The number of hydrogen-bond donors (Lipinski definition) is 1. The first-order valence-corrected chi connectivity index (χ1v) is 6.18. The van der Waals surface area contributed by atoms with Gasteiger partial charge in [0.25, 0.3) is 0 Å². The van der Waals surface area contributed by atoms with E-state index >= 15 is 0 Å². The Kier molecular flexibility index (Phi) is 2.59. The van der Waals surface area contributed by atoms with Crippen molar-refractivity contribution in [2.75, 3.05) is 0 Å². The van der Waals surface area contributed by atoms with Crippen molar-refractivity contribution >= 4 is 11.8 Å². The van der Waals surface area contributed by atoms with E-state index in [1.54, 1.807) is 0 Å². The van der Waals surface area contributed by atoms with Gasteiger partial charge in [0.15, 0.2) is 0 Å². The molecule has 90 valence electrons. The van der Waals surface area contributed by atoms with E-state index in [1.807, 2.05) is 0 Å². The molecule has 2 aliphatic rings. The summed E-state index contributed by atoms with van der Waals surface area (Å²) in [5, 5.41) is 2.45. The Bertz CT molecular complexity index is 319. The highest BCUT2D eigenvalue weighted by atomic mass is 16.2. The van der Waals surface area contributed by atoms with Crippen LogP contribution in [-0.4, -0.2) is 11.8 Å². The molecule has 2 amide bonds. The van der Waals surface area contributed by atoms with Crippen LogP contribution in [0.5, 0.6) is 0 Å². The molecule has 0 radical (unpaired) electrons. The first-order valence-electron chi connectivity index (χ1n) is 6.18. The van der Waals surface area contributed by atoms with E-state index in [4.69, 9.17) is 0 Å². The van der Waals surface area contributed by atoms with Crippen LogP contribution in [0, 0.1) is 16.7 Å². The predicted molar refractivity (Wildman–Crippen MR) is 61.6 cm³/mol. The molecule has 1 N–H and O–H groups in total. The molecule has 0 aromatic rings. The molecule has 3 nitrogen and oxygen atoms in total. The highest BCUT2D eigenvalue weighted by molar-refractivity contribution is 6.05. The number of carbonyl (C=O) groups excluding carboxylic acids is 2. The number of carbonyl (C=O) groups is 2. The van der Waals surface area contributed by atoms with E-state index in [9.17, 15) is 9.59 Å². The lowest BCUT2D eigenvalue weighted by Gasteiger charge is -2.40. The Morgan fingerprint density at radius 3 is 2.12 bits per heavy atom. The maximum Gasteiger partial charge on any atom is 0.233 e. The minimum Gasteiger partial charge on any atom is -0.296 e. The van der Waals surface area contributed by atoms with Crippen molar-refractivity contribution in [3.8, 4) is 0 Å². The fraction of sp³-hybridized carbons (Fsp3) is 0.846. The highest BCUT2D eigenvalue weighted by Gasteiger charge is 2.49. The monoisotopic (exact) mass is 223 g/mol. The molecule has 1 saturated carbocycles. The van der Waals surface area contributed by atoms with Crippen LogP contribution in [0.15, 0.2) is 0 Å². The second-order valence-electron chi connectivity index (χ2n) is 6.47. The Balaban J connectivity index is 2.05. The standard InChI is InChI=1S/C13H21NO2/c1-12(2,3)9-4-6-13(7-5-9)8-10(15)14-11(13)16/h9H,4-8H2,1-3H3,(H,14,15,16). The number of amides is 2. The van der Waals surface area contributed by atoms with E-state index in [2.05, 4.69) is 26.1 Å². The number of imide groups is 1. The summed E-state index contributed by atoms with van der Waals surface area (Å²) in [5.41, 5.74) is -0.0282. The van der Waals surface area contributed by atoms with Gasteiger partial charge >= 0.3 is 0 Å². The molecule has 0 unspecified atom stereocenters. The zero-order valence-corrected chi connectivity index (χ0v) is 10.4. The summed E-state index contributed by atoms with van der Waals surface area (Å²) in [6, 6.07) is 0. The maximum atomic E-state index is 11.8. The summed E-state index contributed by atoms with van der Waals surface area (Å²) in [5.74, 6) is 0.575. The summed E-state index contributed by atoms with van der Waals surface area (Å²) in [6.07, 6.45) is 4.33. The second-order valence-corrected chi connectivity index (χ2v) is 6.47. The van der Waals surface area contributed by atoms with Crippen molar-refractivity contribution in [1.29, 1.82) is 0 Å². The highest BCUT2D eigenvalue weighted by Crippen LogP contribution is 2.48. The van der Waals surface area contributed by atoms with Gasteiger partial charge < -0.3 is 0 Å². The minimum atomic E-state index is -0.348. The fourth-order valence-electron chi connectivity index (χ4n) is 3.13. The summed E-state index contributed by atoms with van der Waals surface area (Å²) in [7, 11) is 0. The van der Waals surface area contributed by atoms with Crippen LogP contribution in [0.4, 0.5) is 0 Å². The van der Waals surface area contributed by atoms with Crippen LogP contribution < -0.4 is 5.32 Å². The molecule has 1 heterocycles. The van der Waals surface area contributed by atoms with Crippen LogP contribution in [0.1, 0.15) is 52.9 Å². The lowest BCUT2D eigenvalue weighted by molar-refractivity contribution is -0.130. The van der Waals surface area contributed by atoms with Gasteiger partial charge in [0.05, 0.1) is 5.41 Å². The Labute approximate surface area is 97.0 Å². The Morgan fingerprint density at radius 2 is 1.75 bits per heavy atom. The van der Waals surface area contributed by atoms with Crippen LogP contribution in [-0.2, 0) is 9.59 Å². The number of nitrogens with one attached hydrogen (secondary N) is 1. The molecule has 16 heavy (non-hydrogen) atoms. The topological polar surface area (TPSA) is 46.2 Å². The Hall–Kier alpha value is -0.860. The molecule has 1 aliphatic heterocycles. The first kappa shape index (κ1) is 11.6. The first-order chi connectivity index (χ1) is 7.33. The number of rotatable bonds is 0. The molecule has 1 aliphatic carbocycles. The summed E-state index contributed by atoms with van der Waals surface area (Å²) >= 11 is 0. The molecule has 0 atom stereocenters. The zero-order valence-electron chi connectivity index (χ0n) is 10.4. The quantitative estimate of drug-likeness (QED) is 0.640. The molecule has 0 aromatic heterocycles. The third kappa shape index (κ3) is 1.87. The minimum absolute atomic E-state index is 0.0233. The van der Waals surface area contributed by atoms with Gasteiger partial charge in [-0.05, 0) is 37.0 Å². The smallest absolute Gasteiger partial charge is 0.233 e. The summed E-state index contributed by atoms with van der Waals surface area (Å²) in [6.45, 7) is 6.78. The van der Waals surface area contributed by atoms with Crippen molar-refractivity contribution in [3.63, 3.8) is 0 Å². The van der Waals surface area contributed by atoms with Gasteiger partial charge in [0, 0.05) is 6.42 Å². The molecular weight excluding hydrogens is 202 g/mol. The molecule has 2 fully saturated rings. The average molecular weight is 223 g/mol. The summed E-state index contributed by atoms with van der Waals surface area (Å²) < 4.78 is 0. The fourth-order valence-corrected chi connectivity index (χ4v) is 3.13. The number of hydrogen-bond acceptors (Lipinski definition) is 2. The van der Waals surface area contributed by atoms with Gasteiger partial charge in [-0.25, -0.2) is 0 Å². The van der Waals surface area contributed by atoms with Crippen LogP contribution >= 0.6 is 0 Å². The van der Waals surface area contributed by atoms with Crippen molar-refractivity contribution in [2.24, 2.45) is 16.7 Å². The van der Waals surface area contributed by atoms with Crippen LogP contribution in [0.2, 0.25) is 0 Å². The lowest BCUT2D eigenvalue weighted by Crippen LogP contribution is -2.37. The van der Waals surface area contributed by atoms with E-state index < -0.39 is 0 Å². The second kappa shape index (κ2) is 3.57. The SMILES string of the molecule is CC(C)(C)C1CCC2(CC1)CC(=O)NC2=O. The van der Waals surface area contributed by atoms with E-state index in [0.717, 1.165) is 25.7 Å². The van der Waals surface area contributed by atoms with Crippen molar-refractivity contribution in [1.82, 2.24) is 5.32 Å². The van der Waals surface area contributed by atoms with Crippen LogP contribution in [0.25, 0.3) is 0 Å². The van der Waals surface area contributed by atoms with Gasteiger partial charge in [-0.2, -0.15) is 0 Å². The molecule has 0 aromatic carbocycles. The third-order valence-corrected chi connectivity index (χ3v) is 4.40. The van der Waals surface area contributed by atoms with Gasteiger partial charge in [0.2, 0.25) is 11.8 Å². The molecule has 1 saturated heterocycles. The van der Waals surface area contributed by atoms with Gasteiger partial charge in [-0.15, -0.1) is 0 Å². The van der Waals surface area contributed by atoms with Crippen molar-refractivity contribution in [3.05, 3.63) is 0 Å². The summed E-state index contributed by atoms with van der Waals surface area (Å²) in [4.78, 5) is 23.1. The molecule has 1 spiro atoms. The van der Waals surface area contributed by atoms with Crippen molar-refractivity contribution in [2.45, 2.75) is 52.9 Å². The molecule has 3 heteroatoms. The van der Waals surface area contributed by atoms with Gasteiger partial charge in [0.1, 0.15) is 0 Å². The normalized spacial score (nSPS) is 35.6. The van der Waals surface area contributed by atoms with E-state index in [-0.39, 0.29) is 17.2 Å². The molecule has 2 rings (SSSR count). The maximum absolute atomic E-state index is 11.8. The van der Waals surface area contributed by atoms with E-state index in [0.29, 0.717) is 17.8 Å². The lowest BCUT2D eigenvalue weighted by atomic mass is 9.63. The van der Waals surface area contributed by atoms with Gasteiger partial charge in [-0.1, -0.05) is 20.8 Å². The largest absolute Gasteiger partial charge is 0.296 e. The third-order valence-electron chi connectivity index (χ3n) is 4.40. The van der Waals surface area contributed by atoms with Crippen molar-refractivity contribution < 1.29 is 9.59 Å². The van der Waals surface area contributed by atoms with E-state index in [1.165, 1.54) is 0 Å². The average Bonchev–Trinajstić information content (AvgIpc) is 2.41. The predicted octanol–water partition coefficient (Wildman–Crippen LogP) is 2.26. The molecule has 0 bridgehead atoms. The molecular formula is C13H21NO2. The van der Waals surface area contributed by atoms with Gasteiger partial charge in [-0.3, -0.25) is 14.9 Å².